The summed E-state index contributed by atoms with van der Waals surface area (Å²) in [4.78, 5) is 10.1. The molecule has 4 nitrogen and oxygen atoms in total. The van der Waals surface area contributed by atoms with E-state index in [1.807, 2.05) is 24.4 Å². The second-order valence-electron chi connectivity index (χ2n) is 4.11. The lowest BCUT2D eigenvalue weighted by Crippen LogP contribution is -2.08. The summed E-state index contributed by atoms with van der Waals surface area (Å²) in [5.74, 6) is 1.76. The van der Waals surface area contributed by atoms with E-state index in [4.69, 9.17) is 0 Å². The Morgan fingerprint density at radius 3 is 2.78 bits per heavy atom. The first-order chi connectivity index (χ1) is 8.69. The van der Waals surface area contributed by atoms with Crippen LogP contribution in [0.1, 0.15) is 29.8 Å². The second kappa shape index (κ2) is 5.82. The molecular formula is C13H18N4S. The molecule has 2 heterocycles. The van der Waals surface area contributed by atoms with Gasteiger partial charge in [-0.3, -0.25) is 0 Å². The lowest BCUT2D eigenvalue weighted by atomic mass is 10.3. The third-order valence-corrected chi connectivity index (χ3v) is 3.58. The van der Waals surface area contributed by atoms with Gasteiger partial charge in [-0.1, -0.05) is 6.07 Å². The van der Waals surface area contributed by atoms with Crippen LogP contribution in [0.4, 0.5) is 11.6 Å². The maximum atomic E-state index is 4.49. The van der Waals surface area contributed by atoms with Crippen LogP contribution in [-0.2, 0) is 0 Å². The maximum absolute atomic E-state index is 4.49. The zero-order valence-corrected chi connectivity index (χ0v) is 11.7. The summed E-state index contributed by atoms with van der Waals surface area (Å²) >= 11 is 1.71. The van der Waals surface area contributed by atoms with Crippen molar-refractivity contribution in [2.75, 3.05) is 17.2 Å². The van der Waals surface area contributed by atoms with E-state index in [0.29, 0.717) is 0 Å². The molecule has 5 heteroatoms. The van der Waals surface area contributed by atoms with E-state index in [0.717, 1.165) is 23.2 Å². The number of aryl methyl sites for hydroxylation is 1. The number of hydrogen-bond donors (Lipinski definition) is 2. The van der Waals surface area contributed by atoms with Crippen LogP contribution in [-0.4, -0.2) is 16.5 Å². The normalized spacial score (nSPS) is 12.2. The molecule has 0 spiro atoms. The molecule has 0 saturated heterocycles. The predicted octanol–water partition coefficient (Wildman–Crippen LogP) is 3.45. The molecule has 0 fully saturated rings. The third kappa shape index (κ3) is 3.20. The van der Waals surface area contributed by atoms with Crippen LogP contribution in [0.25, 0.3) is 0 Å². The average molecular weight is 262 g/mol. The third-order valence-electron chi connectivity index (χ3n) is 2.48. The van der Waals surface area contributed by atoms with Crippen molar-refractivity contribution in [3.05, 3.63) is 34.3 Å². The molecule has 0 aliphatic rings. The van der Waals surface area contributed by atoms with Gasteiger partial charge in [0.1, 0.15) is 16.6 Å². The summed E-state index contributed by atoms with van der Waals surface area (Å²) in [6, 6.07) is 6.10. The molecule has 2 rings (SSSR count). The van der Waals surface area contributed by atoms with Crippen LogP contribution in [0.5, 0.6) is 0 Å². The Morgan fingerprint density at radius 2 is 2.11 bits per heavy atom. The molecule has 1 unspecified atom stereocenters. The lowest BCUT2D eigenvalue weighted by Gasteiger charge is -2.12. The number of thiazole rings is 1. The van der Waals surface area contributed by atoms with E-state index in [9.17, 15) is 0 Å². The minimum atomic E-state index is 0.174. The van der Waals surface area contributed by atoms with Gasteiger partial charge in [0.2, 0.25) is 0 Å². The zero-order valence-electron chi connectivity index (χ0n) is 10.9. The van der Waals surface area contributed by atoms with E-state index in [-0.39, 0.29) is 6.04 Å². The van der Waals surface area contributed by atoms with Crippen molar-refractivity contribution in [2.24, 2.45) is 0 Å². The molecule has 2 aromatic heterocycles. The zero-order chi connectivity index (χ0) is 13.0. The molecule has 0 aromatic carbocycles. The standard InChI is InChI=1S/C13H18N4S/c1-4-14-11-6-5-7-12(17-11)16-10(3)13-15-8-9(2)18-13/h5-8,10H,4H2,1-3H3,(H2,14,16,17). The number of aromatic nitrogens is 2. The van der Waals surface area contributed by atoms with Crippen molar-refractivity contribution in [2.45, 2.75) is 26.8 Å². The van der Waals surface area contributed by atoms with Crippen LogP contribution < -0.4 is 10.6 Å². The van der Waals surface area contributed by atoms with Crippen molar-refractivity contribution >= 4 is 23.0 Å². The van der Waals surface area contributed by atoms with E-state index < -0.39 is 0 Å². The number of anilines is 2. The van der Waals surface area contributed by atoms with Gasteiger partial charge in [-0.15, -0.1) is 11.3 Å². The SMILES string of the molecule is CCNc1cccc(NC(C)c2ncc(C)s2)n1. The van der Waals surface area contributed by atoms with E-state index in [1.54, 1.807) is 11.3 Å². The molecule has 2 aromatic rings. The molecule has 2 N–H and O–H groups in total. The largest absolute Gasteiger partial charge is 0.370 e. The molecule has 0 aliphatic carbocycles. The number of rotatable bonds is 5. The number of hydrogen-bond acceptors (Lipinski definition) is 5. The van der Waals surface area contributed by atoms with Gasteiger partial charge in [0, 0.05) is 17.6 Å². The van der Waals surface area contributed by atoms with Gasteiger partial charge in [-0.25, -0.2) is 9.97 Å². The summed E-state index contributed by atoms with van der Waals surface area (Å²) in [5.41, 5.74) is 0. The first-order valence-electron chi connectivity index (χ1n) is 6.09. The molecule has 0 amide bonds. The predicted molar refractivity (Wildman–Crippen MR) is 77.3 cm³/mol. The van der Waals surface area contributed by atoms with Crippen LogP contribution in [0.2, 0.25) is 0 Å². The number of nitrogens with one attached hydrogen (secondary N) is 2. The van der Waals surface area contributed by atoms with Gasteiger partial charge in [-0.05, 0) is 32.9 Å². The summed E-state index contributed by atoms with van der Waals surface area (Å²) < 4.78 is 0. The highest BCUT2D eigenvalue weighted by atomic mass is 32.1. The molecule has 18 heavy (non-hydrogen) atoms. The van der Waals surface area contributed by atoms with E-state index in [1.165, 1.54) is 4.88 Å². The molecule has 96 valence electrons. The molecule has 0 aliphatic heterocycles. The van der Waals surface area contributed by atoms with Crippen molar-refractivity contribution in [1.29, 1.82) is 0 Å². The minimum absolute atomic E-state index is 0.174. The fourth-order valence-electron chi connectivity index (χ4n) is 1.65. The Bertz CT molecular complexity index is 509. The Kier molecular flexibility index (Phi) is 4.15. The second-order valence-corrected chi connectivity index (χ2v) is 5.38. The highest BCUT2D eigenvalue weighted by Gasteiger charge is 2.09. The fraction of sp³-hybridized carbons (Fsp3) is 0.385. The van der Waals surface area contributed by atoms with Gasteiger partial charge in [0.25, 0.3) is 0 Å². The minimum Gasteiger partial charge on any atom is -0.370 e. The van der Waals surface area contributed by atoms with Crippen molar-refractivity contribution in [3.8, 4) is 0 Å². The molecule has 1 atom stereocenters. The Morgan fingerprint density at radius 1 is 1.33 bits per heavy atom. The van der Waals surface area contributed by atoms with Crippen LogP contribution in [0.3, 0.4) is 0 Å². The van der Waals surface area contributed by atoms with E-state index >= 15 is 0 Å². The Balaban J connectivity index is 2.06. The number of nitrogens with zero attached hydrogens (tertiary/aromatic N) is 2. The summed E-state index contributed by atoms with van der Waals surface area (Å²) in [5, 5.41) is 7.65. The molecule has 0 bridgehead atoms. The van der Waals surface area contributed by atoms with E-state index in [2.05, 4.69) is 41.4 Å². The van der Waals surface area contributed by atoms with Gasteiger partial charge in [0.15, 0.2) is 0 Å². The topological polar surface area (TPSA) is 49.8 Å². The fourth-order valence-corrected chi connectivity index (χ4v) is 2.43. The quantitative estimate of drug-likeness (QED) is 0.866. The Hall–Kier alpha value is -1.62. The average Bonchev–Trinajstić information content (AvgIpc) is 2.77. The van der Waals surface area contributed by atoms with Crippen molar-refractivity contribution < 1.29 is 0 Å². The van der Waals surface area contributed by atoms with Crippen LogP contribution in [0, 0.1) is 6.92 Å². The Labute approximate surface area is 111 Å². The highest BCUT2D eigenvalue weighted by Crippen LogP contribution is 2.22. The molecule has 0 radical (unpaired) electrons. The summed E-state index contributed by atoms with van der Waals surface area (Å²) in [7, 11) is 0. The maximum Gasteiger partial charge on any atom is 0.128 e. The van der Waals surface area contributed by atoms with Gasteiger partial charge in [0.05, 0.1) is 6.04 Å². The van der Waals surface area contributed by atoms with Gasteiger partial charge >= 0.3 is 0 Å². The van der Waals surface area contributed by atoms with Crippen LogP contribution in [0.15, 0.2) is 24.4 Å². The lowest BCUT2D eigenvalue weighted by molar-refractivity contribution is 0.861. The number of pyridine rings is 1. The monoisotopic (exact) mass is 262 g/mol. The van der Waals surface area contributed by atoms with Gasteiger partial charge in [-0.2, -0.15) is 0 Å². The smallest absolute Gasteiger partial charge is 0.128 e. The first kappa shape index (κ1) is 12.8. The summed E-state index contributed by atoms with van der Waals surface area (Å²) in [6.07, 6.45) is 1.90. The molecule has 0 saturated carbocycles. The first-order valence-corrected chi connectivity index (χ1v) is 6.90. The molecular weight excluding hydrogens is 244 g/mol. The van der Waals surface area contributed by atoms with Crippen molar-refractivity contribution in [1.82, 2.24) is 9.97 Å². The highest BCUT2D eigenvalue weighted by molar-refractivity contribution is 7.11. The van der Waals surface area contributed by atoms with Crippen LogP contribution >= 0.6 is 11.3 Å². The van der Waals surface area contributed by atoms with Gasteiger partial charge < -0.3 is 10.6 Å². The summed E-state index contributed by atoms with van der Waals surface area (Å²) in [6.45, 7) is 7.10. The van der Waals surface area contributed by atoms with Crippen molar-refractivity contribution in [3.63, 3.8) is 0 Å².